The zero-order valence-electron chi connectivity index (χ0n) is 10.4. The van der Waals surface area contributed by atoms with Crippen molar-refractivity contribution in [3.8, 4) is 5.75 Å². The van der Waals surface area contributed by atoms with Gasteiger partial charge in [0.1, 0.15) is 5.75 Å². The summed E-state index contributed by atoms with van der Waals surface area (Å²) in [7, 11) is 1.68. The molecule has 0 aliphatic rings. The van der Waals surface area contributed by atoms with Crippen molar-refractivity contribution < 1.29 is 4.74 Å². The van der Waals surface area contributed by atoms with Gasteiger partial charge in [-0.1, -0.05) is 0 Å². The van der Waals surface area contributed by atoms with E-state index in [1.165, 1.54) is 0 Å². The number of rotatable bonds is 4. The molecule has 4 heteroatoms. The molecule has 2 rings (SSSR count). The summed E-state index contributed by atoms with van der Waals surface area (Å²) >= 11 is 0. The Hall–Kier alpha value is -1.97. The first-order valence-electron chi connectivity index (χ1n) is 5.58. The summed E-state index contributed by atoms with van der Waals surface area (Å²) < 4.78 is 5.22. The normalized spacial score (nSPS) is 10.3. The van der Waals surface area contributed by atoms with Crippen molar-refractivity contribution in [3.05, 3.63) is 41.5 Å². The van der Waals surface area contributed by atoms with Crippen molar-refractivity contribution in [2.24, 2.45) is 0 Å². The molecular weight excluding hydrogens is 214 g/mol. The Kier molecular flexibility index (Phi) is 3.32. The highest BCUT2D eigenvalue weighted by Crippen LogP contribution is 2.21. The van der Waals surface area contributed by atoms with E-state index in [1.54, 1.807) is 13.4 Å². The molecule has 1 aromatic heterocycles. The molecule has 90 valence electrons. The summed E-state index contributed by atoms with van der Waals surface area (Å²) in [4.78, 5) is 7.31. The number of nitrogens with zero attached hydrogens (tertiary/aromatic N) is 1. The Balaban J connectivity index is 2.05. The highest BCUT2D eigenvalue weighted by atomic mass is 16.5. The van der Waals surface area contributed by atoms with E-state index >= 15 is 0 Å². The lowest BCUT2D eigenvalue weighted by Gasteiger charge is -2.09. The number of H-pyrrole nitrogens is 1. The zero-order valence-corrected chi connectivity index (χ0v) is 10.4. The maximum atomic E-state index is 5.22. The van der Waals surface area contributed by atoms with Crippen LogP contribution in [0, 0.1) is 13.8 Å². The number of aromatic nitrogens is 2. The van der Waals surface area contributed by atoms with Crippen molar-refractivity contribution in [1.82, 2.24) is 9.97 Å². The summed E-state index contributed by atoms with van der Waals surface area (Å²) in [6.07, 6.45) is 1.71. The molecule has 0 saturated carbocycles. The van der Waals surface area contributed by atoms with Crippen molar-refractivity contribution in [2.45, 2.75) is 20.4 Å². The van der Waals surface area contributed by atoms with Crippen LogP contribution in [-0.4, -0.2) is 17.1 Å². The number of aromatic amines is 1. The highest BCUT2D eigenvalue weighted by Gasteiger charge is 2.02. The third-order valence-electron chi connectivity index (χ3n) is 2.79. The number of methoxy groups -OCH3 is 1. The third-order valence-corrected chi connectivity index (χ3v) is 2.79. The van der Waals surface area contributed by atoms with Gasteiger partial charge in [-0.05, 0) is 37.6 Å². The number of nitrogens with one attached hydrogen (secondary N) is 2. The fourth-order valence-corrected chi connectivity index (χ4v) is 1.74. The molecule has 0 radical (unpaired) electrons. The largest absolute Gasteiger partial charge is 0.496 e. The monoisotopic (exact) mass is 231 g/mol. The van der Waals surface area contributed by atoms with Gasteiger partial charge in [0.15, 0.2) is 0 Å². The van der Waals surface area contributed by atoms with Crippen molar-refractivity contribution in [1.29, 1.82) is 0 Å². The standard InChI is InChI=1S/C13H17N3O/c1-9-6-11(4-5-13(9)17-3)14-7-12-10(2)15-8-16-12/h4-6,8,14H,7H2,1-3H3,(H,15,16). The van der Waals surface area contributed by atoms with E-state index in [9.17, 15) is 0 Å². The zero-order chi connectivity index (χ0) is 12.3. The smallest absolute Gasteiger partial charge is 0.121 e. The topological polar surface area (TPSA) is 49.9 Å². The van der Waals surface area contributed by atoms with Crippen LogP contribution in [0.1, 0.15) is 17.0 Å². The number of ether oxygens (including phenoxy) is 1. The van der Waals surface area contributed by atoms with E-state index in [4.69, 9.17) is 4.74 Å². The molecule has 0 aliphatic carbocycles. The van der Waals surface area contributed by atoms with Crippen LogP contribution in [0.25, 0.3) is 0 Å². The Morgan fingerprint density at radius 1 is 1.35 bits per heavy atom. The Labute approximate surface area is 101 Å². The molecule has 0 amide bonds. The molecule has 0 bridgehead atoms. The first kappa shape index (κ1) is 11.5. The number of anilines is 1. The molecular formula is C13H17N3O. The third kappa shape index (κ3) is 2.58. The molecule has 17 heavy (non-hydrogen) atoms. The van der Waals surface area contributed by atoms with Crippen LogP contribution in [-0.2, 0) is 6.54 Å². The quantitative estimate of drug-likeness (QED) is 0.850. The summed E-state index contributed by atoms with van der Waals surface area (Å²) in [6, 6.07) is 6.05. The van der Waals surface area contributed by atoms with E-state index < -0.39 is 0 Å². The Morgan fingerprint density at radius 3 is 2.76 bits per heavy atom. The minimum Gasteiger partial charge on any atom is -0.496 e. The molecule has 0 saturated heterocycles. The van der Waals surface area contributed by atoms with Gasteiger partial charge < -0.3 is 15.0 Å². The second-order valence-corrected chi connectivity index (χ2v) is 4.01. The van der Waals surface area contributed by atoms with E-state index in [0.717, 1.165) is 34.9 Å². The van der Waals surface area contributed by atoms with Gasteiger partial charge >= 0.3 is 0 Å². The minimum absolute atomic E-state index is 0.723. The van der Waals surface area contributed by atoms with Gasteiger partial charge in [-0.3, -0.25) is 0 Å². The SMILES string of the molecule is COc1ccc(NCc2nc[nH]c2C)cc1C. The Bertz CT molecular complexity index is 505. The van der Waals surface area contributed by atoms with E-state index in [2.05, 4.69) is 21.4 Å². The lowest BCUT2D eigenvalue weighted by Crippen LogP contribution is -2.01. The molecule has 2 aromatic rings. The predicted molar refractivity (Wildman–Crippen MR) is 68.4 cm³/mol. The average molecular weight is 231 g/mol. The summed E-state index contributed by atoms with van der Waals surface area (Å²) in [5.74, 6) is 0.909. The summed E-state index contributed by atoms with van der Waals surface area (Å²) in [6.45, 7) is 4.77. The van der Waals surface area contributed by atoms with Crippen molar-refractivity contribution in [3.63, 3.8) is 0 Å². The number of aryl methyl sites for hydroxylation is 2. The number of hydrogen-bond donors (Lipinski definition) is 2. The van der Waals surface area contributed by atoms with Gasteiger partial charge in [-0.15, -0.1) is 0 Å². The van der Waals surface area contributed by atoms with Gasteiger partial charge in [0.05, 0.1) is 25.7 Å². The van der Waals surface area contributed by atoms with Crippen LogP contribution in [0.3, 0.4) is 0 Å². The molecule has 0 fully saturated rings. The van der Waals surface area contributed by atoms with Gasteiger partial charge in [0, 0.05) is 11.4 Å². The van der Waals surface area contributed by atoms with Gasteiger partial charge in [0.25, 0.3) is 0 Å². The van der Waals surface area contributed by atoms with Crippen LogP contribution in [0.5, 0.6) is 5.75 Å². The van der Waals surface area contributed by atoms with Crippen LogP contribution in [0.4, 0.5) is 5.69 Å². The molecule has 2 N–H and O–H groups in total. The first-order chi connectivity index (χ1) is 8.20. The van der Waals surface area contributed by atoms with E-state index in [-0.39, 0.29) is 0 Å². The lowest BCUT2D eigenvalue weighted by molar-refractivity contribution is 0.412. The van der Waals surface area contributed by atoms with Crippen LogP contribution in [0.2, 0.25) is 0 Å². The van der Waals surface area contributed by atoms with Crippen LogP contribution >= 0.6 is 0 Å². The number of hydrogen-bond acceptors (Lipinski definition) is 3. The van der Waals surface area contributed by atoms with Gasteiger partial charge in [0.2, 0.25) is 0 Å². The maximum Gasteiger partial charge on any atom is 0.121 e. The molecule has 1 heterocycles. The fourth-order valence-electron chi connectivity index (χ4n) is 1.74. The second-order valence-electron chi connectivity index (χ2n) is 4.01. The molecule has 0 spiro atoms. The Morgan fingerprint density at radius 2 is 2.18 bits per heavy atom. The van der Waals surface area contributed by atoms with E-state index in [1.807, 2.05) is 26.0 Å². The van der Waals surface area contributed by atoms with Crippen molar-refractivity contribution >= 4 is 5.69 Å². The van der Waals surface area contributed by atoms with Crippen LogP contribution < -0.4 is 10.1 Å². The molecule has 0 atom stereocenters. The lowest BCUT2D eigenvalue weighted by atomic mass is 10.2. The first-order valence-corrected chi connectivity index (χ1v) is 5.58. The predicted octanol–water partition coefficient (Wildman–Crippen LogP) is 2.65. The van der Waals surface area contributed by atoms with Gasteiger partial charge in [-0.2, -0.15) is 0 Å². The molecule has 1 aromatic carbocycles. The molecule has 4 nitrogen and oxygen atoms in total. The fraction of sp³-hybridized carbons (Fsp3) is 0.308. The summed E-state index contributed by atoms with van der Waals surface area (Å²) in [5.41, 5.74) is 4.34. The average Bonchev–Trinajstić information content (AvgIpc) is 2.72. The summed E-state index contributed by atoms with van der Waals surface area (Å²) in [5, 5.41) is 3.34. The minimum atomic E-state index is 0.723. The van der Waals surface area contributed by atoms with Crippen molar-refractivity contribution in [2.75, 3.05) is 12.4 Å². The number of benzene rings is 1. The second kappa shape index (κ2) is 4.91. The molecule has 0 unspecified atom stereocenters. The maximum absolute atomic E-state index is 5.22. The number of imidazole rings is 1. The van der Waals surface area contributed by atoms with Gasteiger partial charge in [-0.25, -0.2) is 4.98 Å². The van der Waals surface area contributed by atoms with E-state index in [0.29, 0.717) is 0 Å². The highest BCUT2D eigenvalue weighted by molar-refractivity contribution is 5.50. The molecule has 0 aliphatic heterocycles. The van der Waals surface area contributed by atoms with Crippen LogP contribution in [0.15, 0.2) is 24.5 Å².